The van der Waals surface area contributed by atoms with Crippen LogP contribution in [0, 0.1) is 0 Å². The molecular formula is C19H20F3N3O4S2. The van der Waals surface area contributed by atoms with E-state index in [0.29, 0.717) is 19.6 Å². The summed E-state index contributed by atoms with van der Waals surface area (Å²) in [6.07, 6.45) is -4.19. The summed E-state index contributed by atoms with van der Waals surface area (Å²) in [6.45, 7) is 2.46. The molecule has 2 saturated heterocycles. The van der Waals surface area contributed by atoms with Crippen molar-refractivity contribution in [2.75, 3.05) is 38.1 Å². The molecule has 2 fully saturated rings. The van der Waals surface area contributed by atoms with Gasteiger partial charge in [-0.3, -0.25) is 14.5 Å². The molecule has 1 unspecified atom stereocenters. The van der Waals surface area contributed by atoms with Crippen LogP contribution in [-0.2, 0) is 9.59 Å². The smallest absolute Gasteiger partial charge is 0.475 e. The first-order valence-corrected chi connectivity index (χ1v) is 11.1. The molecule has 2 aliphatic rings. The maximum atomic E-state index is 12.7. The van der Waals surface area contributed by atoms with Gasteiger partial charge >= 0.3 is 12.1 Å². The summed E-state index contributed by atoms with van der Waals surface area (Å²) in [4.78, 5) is 40.0. The molecule has 0 saturated carbocycles. The number of alkyl halides is 3. The van der Waals surface area contributed by atoms with E-state index in [-0.39, 0.29) is 17.4 Å². The van der Waals surface area contributed by atoms with Crippen molar-refractivity contribution in [1.82, 2.24) is 9.80 Å². The molecule has 0 bridgehead atoms. The van der Waals surface area contributed by atoms with E-state index < -0.39 is 12.1 Å². The second kappa shape index (κ2) is 8.97. The minimum absolute atomic E-state index is 0.0977. The van der Waals surface area contributed by atoms with Gasteiger partial charge in [0, 0.05) is 30.4 Å². The second-order valence-electron chi connectivity index (χ2n) is 7.33. The molecule has 1 spiro atoms. The molecule has 0 aliphatic carbocycles. The predicted octanol–water partition coefficient (Wildman–Crippen LogP) is 3.01. The lowest BCUT2D eigenvalue weighted by Gasteiger charge is -2.46. The fourth-order valence-corrected chi connectivity index (χ4v) is 4.92. The second-order valence-corrected chi connectivity index (χ2v) is 8.89. The molecule has 2 amide bonds. The van der Waals surface area contributed by atoms with Gasteiger partial charge < -0.3 is 14.9 Å². The third-order valence-corrected chi connectivity index (χ3v) is 6.74. The monoisotopic (exact) mass is 475 g/mol. The Hall–Kier alpha value is -2.44. The highest BCUT2D eigenvalue weighted by atomic mass is 32.1. The van der Waals surface area contributed by atoms with Crippen LogP contribution in [0.15, 0.2) is 33.7 Å². The molecule has 4 heterocycles. The number of carbonyl (C=O) groups is 3. The molecule has 0 aromatic carbocycles. The molecule has 2 aromatic rings. The fourth-order valence-electron chi connectivity index (χ4n) is 3.64. The first-order chi connectivity index (χ1) is 14.5. The molecule has 2 aliphatic heterocycles. The van der Waals surface area contributed by atoms with Gasteiger partial charge in [0.25, 0.3) is 5.91 Å². The van der Waals surface area contributed by atoms with Crippen molar-refractivity contribution in [2.45, 2.75) is 18.1 Å². The zero-order valence-corrected chi connectivity index (χ0v) is 18.1. The number of carbonyl (C=O) groups excluding carboxylic acids is 2. The maximum Gasteiger partial charge on any atom is 0.490 e. The summed E-state index contributed by atoms with van der Waals surface area (Å²) in [6, 6.07) is 3.87. The van der Waals surface area contributed by atoms with Gasteiger partial charge in [-0.15, -0.1) is 0 Å². The molecule has 2 aromatic heterocycles. The molecule has 1 N–H and O–H groups in total. The minimum atomic E-state index is -5.08. The molecule has 12 heteroatoms. The van der Waals surface area contributed by atoms with Crippen molar-refractivity contribution in [3.05, 3.63) is 39.2 Å². The Balaban J connectivity index is 0.000000339. The van der Waals surface area contributed by atoms with Crippen molar-refractivity contribution in [2.24, 2.45) is 0 Å². The topological polar surface area (TPSA) is 81.2 Å². The number of piperazine rings is 1. The number of anilines is 1. The molecule has 4 rings (SSSR count). The van der Waals surface area contributed by atoms with Gasteiger partial charge in [0.05, 0.1) is 23.3 Å². The summed E-state index contributed by atoms with van der Waals surface area (Å²) < 4.78 is 31.7. The van der Waals surface area contributed by atoms with Crippen molar-refractivity contribution < 1.29 is 32.7 Å². The van der Waals surface area contributed by atoms with Gasteiger partial charge in [0.2, 0.25) is 5.91 Å². The first kappa shape index (κ1) is 23.2. The van der Waals surface area contributed by atoms with Crippen molar-refractivity contribution in [1.29, 1.82) is 0 Å². The number of carboxylic acids is 1. The van der Waals surface area contributed by atoms with Crippen molar-refractivity contribution in [3.63, 3.8) is 0 Å². The highest BCUT2D eigenvalue weighted by Crippen LogP contribution is 2.34. The molecule has 1 atom stereocenters. The third-order valence-electron chi connectivity index (χ3n) is 5.38. The lowest BCUT2D eigenvalue weighted by Crippen LogP contribution is -2.64. The average molecular weight is 476 g/mol. The minimum Gasteiger partial charge on any atom is -0.475 e. The Morgan fingerprint density at radius 1 is 1.13 bits per heavy atom. The van der Waals surface area contributed by atoms with Gasteiger partial charge in [-0.05, 0) is 36.4 Å². The van der Waals surface area contributed by atoms with Crippen molar-refractivity contribution in [3.8, 4) is 0 Å². The number of rotatable bonds is 2. The van der Waals surface area contributed by atoms with Crippen LogP contribution in [0.3, 0.4) is 0 Å². The van der Waals surface area contributed by atoms with Crippen LogP contribution in [0.5, 0.6) is 0 Å². The number of aliphatic carboxylic acids is 1. The van der Waals surface area contributed by atoms with Gasteiger partial charge in [-0.25, -0.2) is 4.79 Å². The predicted molar refractivity (Wildman–Crippen MR) is 111 cm³/mol. The Kier molecular flexibility index (Phi) is 6.72. The molecule has 0 radical (unpaired) electrons. The highest BCUT2D eigenvalue weighted by molar-refractivity contribution is 7.08. The number of likely N-dealkylation sites (tertiary alicyclic amines) is 1. The first-order valence-electron chi connectivity index (χ1n) is 9.19. The lowest BCUT2D eigenvalue weighted by molar-refractivity contribution is -0.192. The standard InChI is InChI=1S/C17H19N3O2S2.C2HF3O2/c1-18-8-15(21)20(14-3-7-24-10-14)12-17(18)4-5-19(11-17)16(22)13-2-6-23-9-13;3-2(4,5)1(6)7/h2-3,6-7,9-10H,4-5,8,11-12H2,1H3;(H,6,7). The lowest BCUT2D eigenvalue weighted by atomic mass is 9.93. The molecular weight excluding hydrogens is 455 g/mol. The van der Waals surface area contributed by atoms with Crippen LogP contribution < -0.4 is 4.90 Å². The van der Waals surface area contributed by atoms with Crippen LogP contribution >= 0.6 is 22.7 Å². The van der Waals surface area contributed by atoms with E-state index in [1.54, 1.807) is 22.7 Å². The van der Waals surface area contributed by atoms with Crippen LogP contribution in [0.4, 0.5) is 18.9 Å². The SMILES string of the molecule is CN1CC(=O)N(c2ccsc2)CC12CCN(C(=O)c1ccsc1)C2.O=C(O)C(F)(F)F. The number of carboxylic acid groups (broad SMARTS) is 1. The van der Waals surface area contributed by atoms with Gasteiger partial charge in [0.1, 0.15) is 0 Å². The normalized spacial score (nSPS) is 21.9. The number of halogens is 3. The average Bonchev–Trinajstić information content (AvgIpc) is 3.47. The highest BCUT2D eigenvalue weighted by Gasteiger charge is 2.48. The third kappa shape index (κ3) is 5.08. The van der Waals surface area contributed by atoms with E-state index in [9.17, 15) is 22.8 Å². The van der Waals surface area contributed by atoms with Crippen LogP contribution in [0.2, 0.25) is 0 Å². The van der Waals surface area contributed by atoms with E-state index in [4.69, 9.17) is 9.90 Å². The van der Waals surface area contributed by atoms with Gasteiger partial charge in [-0.1, -0.05) is 0 Å². The van der Waals surface area contributed by atoms with Crippen LogP contribution in [-0.4, -0.2) is 77.6 Å². The van der Waals surface area contributed by atoms with E-state index in [0.717, 1.165) is 24.2 Å². The number of hydrogen-bond donors (Lipinski definition) is 1. The van der Waals surface area contributed by atoms with E-state index in [2.05, 4.69) is 4.90 Å². The van der Waals surface area contributed by atoms with Crippen LogP contribution in [0.1, 0.15) is 16.8 Å². The fraction of sp³-hybridized carbons (Fsp3) is 0.421. The zero-order chi connectivity index (χ0) is 22.8. The zero-order valence-electron chi connectivity index (χ0n) is 16.5. The summed E-state index contributed by atoms with van der Waals surface area (Å²) >= 11 is 3.14. The quantitative estimate of drug-likeness (QED) is 0.722. The molecule has 31 heavy (non-hydrogen) atoms. The number of nitrogens with zero attached hydrogens (tertiary/aromatic N) is 3. The van der Waals surface area contributed by atoms with Gasteiger partial charge in [-0.2, -0.15) is 35.8 Å². The summed E-state index contributed by atoms with van der Waals surface area (Å²) in [5, 5.41) is 15.0. The number of likely N-dealkylation sites (N-methyl/N-ethyl adjacent to an activating group) is 1. The summed E-state index contributed by atoms with van der Waals surface area (Å²) in [7, 11) is 2.00. The largest absolute Gasteiger partial charge is 0.490 e. The maximum absolute atomic E-state index is 12.7. The van der Waals surface area contributed by atoms with Crippen LogP contribution in [0.25, 0.3) is 0 Å². The van der Waals surface area contributed by atoms with Crippen molar-refractivity contribution >= 4 is 46.1 Å². The number of hydrogen-bond acceptors (Lipinski definition) is 6. The number of amides is 2. The Morgan fingerprint density at radius 2 is 1.77 bits per heavy atom. The Morgan fingerprint density at radius 3 is 2.32 bits per heavy atom. The van der Waals surface area contributed by atoms with E-state index >= 15 is 0 Å². The summed E-state index contributed by atoms with van der Waals surface area (Å²) in [5.41, 5.74) is 1.59. The number of thiophene rings is 2. The summed E-state index contributed by atoms with van der Waals surface area (Å²) in [5.74, 6) is -2.53. The van der Waals surface area contributed by atoms with E-state index in [1.165, 1.54) is 0 Å². The van der Waals surface area contributed by atoms with Gasteiger partial charge in [0.15, 0.2) is 0 Å². The van der Waals surface area contributed by atoms with E-state index in [1.807, 2.05) is 50.5 Å². The molecule has 168 valence electrons. The molecule has 7 nitrogen and oxygen atoms in total. The Labute approximate surface area is 184 Å². The Bertz CT molecular complexity index is 934.